The Hall–Kier alpha value is -1.09. The van der Waals surface area contributed by atoms with E-state index in [1.807, 2.05) is 6.20 Å². The second-order valence-corrected chi connectivity index (χ2v) is 6.83. The molecular formula is C16H20ClN3. The number of fused-ring (bicyclic) bond motifs is 3. The molecule has 2 aliphatic carbocycles. The quantitative estimate of drug-likeness (QED) is 0.802. The van der Waals surface area contributed by atoms with E-state index in [1.54, 1.807) is 0 Å². The molecule has 4 heteroatoms. The van der Waals surface area contributed by atoms with Gasteiger partial charge in [-0.1, -0.05) is 6.42 Å². The number of rotatable bonds is 3. The summed E-state index contributed by atoms with van der Waals surface area (Å²) in [7, 11) is 0. The third-order valence-electron chi connectivity index (χ3n) is 5.22. The number of aryl methyl sites for hydroxylation is 1. The minimum Gasteiger partial charge on any atom is -0.311 e. The van der Waals surface area contributed by atoms with Crippen LogP contribution in [0.4, 0.5) is 0 Å². The van der Waals surface area contributed by atoms with E-state index < -0.39 is 0 Å². The molecule has 2 aliphatic rings. The van der Waals surface area contributed by atoms with Gasteiger partial charge in [0.2, 0.25) is 0 Å². The summed E-state index contributed by atoms with van der Waals surface area (Å²) in [6.45, 7) is 3.11. The van der Waals surface area contributed by atoms with Gasteiger partial charge in [-0.25, -0.2) is 9.97 Å². The van der Waals surface area contributed by atoms with Gasteiger partial charge in [0.15, 0.2) is 5.65 Å². The Labute approximate surface area is 124 Å². The number of nitrogens with zero attached hydrogens (tertiary/aromatic N) is 3. The summed E-state index contributed by atoms with van der Waals surface area (Å²) < 4.78 is 2.27. The lowest BCUT2D eigenvalue weighted by Gasteiger charge is -2.22. The van der Waals surface area contributed by atoms with Gasteiger partial charge in [-0.05, 0) is 55.6 Å². The monoisotopic (exact) mass is 289 g/mol. The molecule has 0 aromatic carbocycles. The van der Waals surface area contributed by atoms with Gasteiger partial charge in [-0.3, -0.25) is 0 Å². The Morgan fingerprint density at radius 3 is 2.95 bits per heavy atom. The standard InChI is InChI=1S/C16H20ClN3/c1-10-4-14-16(18-8-10)20(15(7-17)19-14)9-13-6-11-2-3-12(13)5-11/h4,8,11-13H,2-3,5-7,9H2,1H3. The fourth-order valence-electron chi connectivity index (χ4n) is 4.29. The highest BCUT2D eigenvalue weighted by molar-refractivity contribution is 6.16. The van der Waals surface area contributed by atoms with E-state index in [9.17, 15) is 0 Å². The number of imidazole rings is 1. The molecule has 2 heterocycles. The number of aromatic nitrogens is 3. The molecule has 0 amide bonds. The van der Waals surface area contributed by atoms with Crippen molar-refractivity contribution in [3.05, 3.63) is 23.7 Å². The number of hydrogen-bond donors (Lipinski definition) is 0. The van der Waals surface area contributed by atoms with Crippen molar-refractivity contribution in [1.29, 1.82) is 0 Å². The second-order valence-electron chi connectivity index (χ2n) is 6.56. The Morgan fingerprint density at radius 2 is 2.25 bits per heavy atom. The average molecular weight is 290 g/mol. The smallest absolute Gasteiger partial charge is 0.160 e. The van der Waals surface area contributed by atoms with E-state index in [0.717, 1.165) is 46.9 Å². The molecule has 0 aliphatic heterocycles. The first-order valence-corrected chi connectivity index (χ1v) is 8.15. The van der Waals surface area contributed by atoms with E-state index in [0.29, 0.717) is 5.88 Å². The molecule has 20 heavy (non-hydrogen) atoms. The fourth-order valence-corrected chi connectivity index (χ4v) is 4.49. The van der Waals surface area contributed by atoms with Crippen molar-refractivity contribution in [2.45, 2.75) is 45.0 Å². The fraction of sp³-hybridized carbons (Fsp3) is 0.625. The third-order valence-corrected chi connectivity index (χ3v) is 5.46. The van der Waals surface area contributed by atoms with Crippen LogP contribution in [0.5, 0.6) is 0 Å². The van der Waals surface area contributed by atoms with Gasteiger partial charge < -0.3 is 4.57 Å². The highest BCUT2D eigenvalue weighted by atomic mass is 35.5. The van der Waals surface area contributed by atoms with Crippen LogP contribution in [0, 0.1) is 24.7 Å². The molecule has 0 saturated heterocycles. The van der Waals surface area contributed by atoms with Crippen LogP contribution in [0.15, 0.2) is 12.3 Å². The lowest BCUT2D eigenvalue weighted by Crippen LogP contribution is -2.18. The Morgan fingerprint density at radius 1 is 1.35 bits per heavy atom. The number of halogens is 1. The van der Waals surface area contributed by atoms with Crippen molar-refractivity contribution in [3.63, 3.8) is 0 Å². The first kappa shape index (κ1) is 12.6. The van der Waals surface area contributed by atoms with Crippen LogP contribution in [0.3, 0.4) is 0 Å². The minimum atomic E-state index is 0.468. The maximum absolute atomic E-state index is 6.10. The molecule has 4 rings (SSSR count). The number of hydrogen-bond acceptors (Lipinski definition) is 2. The van der Waals surface area contributed by atoms with E-state index in [-0.39, 0.29) is 0 Å². The van der Waals surface area contributed by atoms with Gasteiger partial charge >= 0.3 is 0 Å². The number of alkyl halides is 1. The van der Waals surface area contributed by atoms with Crippen molar-refractivity contribution in [1.82, 2.24) is 14.5 Å². The van der Waals surface area contributed by atoms with Gasteiger partial charge in [0.25, 0.3) is 0 Å². The maximum atomic E-state index is 6.10. The summed E-state index contributed by atoms with van der Waals surface area (Å²) >= 11 is 6.10. The van der Waals surface area contributed by atoms with E-state index in [2.05, 4.69) is 27.5 Å². The van der Waals surface area contributed by atoms with Crippen molar-refractivity contribution >= 4 is 22.8 Å². The molecule has 2 fully saturated rings. The zero-order valence-electron chi connectivity index (χ0n) is 11.8. The Balaban J connectivity index is 1.71. The first-order valence-electron chi connectivity index (χ1n) is 7.62. The van der Waals surface area contributed by atoms with Crippen LogP contribution in [-0.2, 0) is 12.4 Å². The molecule has 0 spiro atoms. The molecule has 0 radical (unpaired) electrons. The predicted octanol–water partition coefficient (Wildman–Crippen LogP) is 3.91. The van der Waals surface area contributed by atoms with Crippen LogP contribution in [0.25, 0.3) is 11.2 Å². The summed E-state index contributed by atoms with van der Waals surface area (Å²) in [5.74, 6) is 4.15. The van der Waals surface area contributed by atoms with Crippen molar-refractivity contribution in [2.24, 2.45) is 17.8 Å². The summed E-state index contributed by atoms with van der Waals surface area (Å²) in [6, 6.07) is 2.11. The first-order chi connectivity index (χ1) is 9.74. The zero-order chi connectivity index (χ0) is 13.7. The lowest BCUT2D eigenvalue weighted by atomic mass is 9.89. The average Bonchev–Trinajstić information content (AvgIpc) is 3.12. The topological polar surface area (TPSA) is 30.7 Å². The molecule has 3 unspecified atom stereocenters. The van der Waals surface area contributed by atoms with Crippen LogP contribution in [0.1, 0.15) is 37.1 Å². The van der Waals surface area contributed by atoms with Gasteiger partial charge in [0.1, 0.15) is 11.3 Å². The molecule has 3 nitrogen and oxygen atoms in total. The summed E-state index contributed by atoms with van der Waals surface area (Å²) in [5.41, 5.74) is 3.15. The summed E-state index contributed by atoms with van der Waals surface area (Å²) in [6.07, 6.45) is 7.63. The molecule has 3 atom stereocenters. The van der Waals surface area contributed by atoms with E-state index in [4.69, 9.17) is 11.6 Å². The third kappa shape index (κ3) is 1.95. The van der Waals surface area contributed by atoms with Gasteiger partial charge in [-0.2, -0.15) is 0 Å². The molecule has 106 valence electrons. The van der Waals surface area contributed by atoms with E-state index in [1.165, 1.54) is 25.7 Å². The second kappa shape index (κ2) is 4.73. The molecular weight excluding hydrogens is 270 g/mol. The van der Waals surface area contributed by atoms with Crippen LogP contribution in [-0.4, -0.2) is 14.5 Å². The van der Waals surface area contributed by atoms with Gasteiger partial charge in [0, 0.05) is 12.7 Å². The number of pyridine rings is 1. The zero-order valence-corrected chi connectivity index (χ0v) is 12.6. The van der Waals surface area contributed by atoms with Crippen LogP contribution >= 0.6 is 11.6 Å². The highest BCUT2D eigenvalue weighted by Crippen LogP contribution is 2.49. The Kier molecular flexibility index (Phi) is 2.99. The van der Waals surface area contributed by atoms with Gasteiger partial charge in [0.05, 0.1) is 5.88 Å². The van der Waals surface area contributed by atoms with Crippen LogP contribution in [0.2, 0.25) is 0 Å². The minimum absolute atomic E-state index is 0.468. The van der Waals surface area contributed by atoms with Crippen molar-refractivity contribution in [2.75, 3.05) is 0 Å². The summed E-state index contributed by atoms with van der Waals surface area (Å²) in [4.78, 5) is 9.26. The predicted molar refractivity (Wildman–Crippen MR) is 80.8 cm³/mol. The highest BCUT2D eigenvalue weighted by Gasteiger charge is 2.39. The molecule has 2 aromatic rings. The molecule has 2 aromatic heterocycles. The molecule has 2 bridgehead atoms. The Bertz CT molecular complexity index is 648. The normalized spacial score (nSPS) is 28.6. The molecule has 0 N–H and O–H groups in total. The van der Waals surface area contributed by atoms with Crippen molar-refractivity contribution < 1.29 is 0 Å². The molecule has 2 saturated carbocycles. The SMILES string of the molecule is Cc1cnc2c(c1)nc(CCl)n2CC1CC2CCC1C2. The maximum Gasteiger partial charge on any atom is 0.160 e. The van der Waals surface area contributed by atoms with Crippen molar-refractivity contribution in [3.8, 4) is 0 Å². The van der Waals surface area contributed by atoms with E-state index >= 15 is 0 Å². The lowest BCUT2D eigenvalue weighted by molar-refractivity contribution is 0.296. The van der Waals surface area contributed by atoms with Crippen LogP contribution < -0.4 is 0 Å². The van der Waals surface area contributed by atoms with Gasteiger partial charge in [-0.15, -0.1) is 11.6 Å². The largest absolute Gasteiger partial charge is 0.311 e. The summed E-state index contributed by atoms with van der Waals surface area (Å²) in [5, 5.41) is 0.